The second kappa shape index (κ2) is 7.65. The predicted molar refractivity (Wildman–Crippen MR) is 80.4 cm³/mol. The number of amides is 3. The van der Waals surface area contributed by atoms with Crippen LogP contribution in [0.4, 0.5) is 4.79 Å². The quantitative estimate of drug-likeness (QED) is 0.719. The van der Waals surface area contributed by atoms with E-state index in [0.717, 1.165) is 5.56 Å². The van der Waals surface area contributed by atoms with Gasteiger partial charge < -0.3 is 25.4 Å². The van der Waals surface area contributed by atoms with Crippen molar-refractivity contribution >= 4 is 11.9 Å². The Labute approximate surface area is 129 Å². The number of methoxy groups -OCH3 is 1. The van der Waals surface area contributed by atoms with Gasteiger partial charge in [0.1, 0.15) is 11.8 Å². The van der Waals surface area contributed by atoms with Gasteiger partial charge in [0.2, 0.25) is 5.91 Å². The number of rotatable bonds is 5. The summed E-state index contributed by atoms with van der Waals surface area (Å²) in [6.45, 7) is 1.01. The molecule has 7 heteroatoms. The average Bonchev–Trinajstić information content (AvgIpc) is 2.55. The summed E-state index contributed by atoms with van der Waals surface area (Å²) in [5.41, 5.74) is 0.860. The van der Waals surface area contributed by atoms with E-state index >= 15 is 0 Å². The van der Waals surface area contributed by atoms with Gasteiger partial charge in [-0.1, -0.05) is 18.2 Å². The highest BCUT2D eigenvalue weighted by atomic mass is 16.5. The smallest absolute Gasteiger partial charge is 0.318 e. The first-order chi connectivity index (χ1) is 10.7. The topological polar surface area (TPSA) is 90.9 Å². The minimum atomic E-state index is -0.628. The number of carbonyl (C=O) groups excluding carboxylic acids is 2. The molecule has 0 saturated carbocycles. The van der Waals surface area contributed by atoms with Crippen LogP contribution in [-0.2, 0) is 11.3 Å². The zero-order chi connectivity index (χ0) is 15.9. The number of carbonyl (C=O) groups is 2. The van der Waals surface area contributed by atoms with Gasteiger partial charge in [-0.15, -0.1) is 0 Å². The normalized spacial score (nSPS) is 17.8. The van der Waals surface area contributed by atoms with E-state index in [1.165, 1.54) is 4.90 Å². The summed E-state index contributed by atoms with van der Waals surface area (Å²) in [5.74, 6) is 0.471. The zero-order valence-corrected chi connectivity index (χ0v) is 12.5. The molecule has 120 valence electrons. The number of hydrogen-bond donors (Lipinski definition) is 3. The van der Waals surface area contributed by atoms with Gasteiger partial charge >= 0.3 is 6.03 Å². The van der Waals surface area contributed by atoms with Crippen molar-refractivity contribution in [1.29, 1.82) is 0 Å². The molecule has 0 aromatic heterocycles. The summed E-state index contributed by atoms with van der Waals surface area (Å²) < 4.78 is 5.24. The maximum Gasteiger partial charge on any atom is 0.318 e. The van der Waals surface area contributed by atoms with Gasteiger partial charge in [-0.25, -0.2) is 4.79 Å². The van der Waals surface area contributed by atoms with E-state index in [4.69, 9.17) is 9.84 Å². The SMILES string of the molecule is COc1ccccc1CNC(=O)N1CCNC(=O)[C@H]1CCO. The zero-order valence-electron chi connectivity index (χ0n) is 12.5. The first-order valence-corrected chi connectivity index (χ1v) is 7.22. The molecule has 0 bridgehead atoms. The molecule has 3 amide bonds. The average molecular weight is 307 g/mol. The van der Waals surface area contributed by atoms with Gasteiger partial charge in [0.25, 0.3) is 0 Å². The maximum atomic E-state index is 12.3. The minimum Gasteiger partial charge on any atom is -0.496 e. The summed E-state index contributed by atoms with van der Waals surface area (Å²) >= 11 is 0. The third-order valence-corrected chi connectivity index (χ3v) is 3.62. The van der Waals surface area contributed by atoms with Gasteiger partial charge in [-0.05, 0) is 12.5 Å². The molecule has 1 heterocycles. The van der Waals surface area contributed by atoms with Crippen molar-refractivity contribution in [2.45, 2.75) is 19.0 Å². The van der Waals surface area contributed by atoms with Crippen molar-refractivity contribution in [3.8, 4) is 5.75 Å². The molecule has 1 aromatic rings. The van der Waals surface area contributed by atoms with Gasteiger partial charge in [-0.3, -0.25) is 4.79 Å². The molecule has 7 nitrogen and oxygen atoms in total. The molecule has 0 aliphatic carbocycles. The van der Waals surface area contributed by atoms with E-state index in [-0.39, 0.29) is 25.0 Å². The van der Waals surface area contributed by atoms with Crippen LogP contribution in [0.2, 0.25) is 0 Å². The molecule has 1 aromatic carbocycles. The molecular formula is C15H21N3O4. The molecule has 0 unspecified atom stereocenters. The first kappa shape index (κ1) is 16.1. The molecule has 1 saturated heterocycles. The molecule has 2 rings (SSSR count). The van der Waals surface area contributed by atoms with Crippen LogP contribution >= 0.6 is 0 Å². The van der Waals surface area contributed by atoms with Crippen LogP contribution in [-0.4, -0.2) is 54.8 Å². The fourth-order valence-electron chi connectivity index (χ4n) is 2.49. The first-order valence-electron chi connectivity index (χ1n) is 7.22. The second-order valence-corrected chi connectivity index (χ2v) is 4.98. The molecule has 0 radical (unpaired) electrons. The van der Waals surface area contributed by atoms with E-state index in [0.29, 0.717) is 25.4 Å². The lowest BCUT2D eigenvalue weighted by Crippen LogP contribution is -2.59. The van der Waals surface area contributed by atoms with Gasteiger partial charge in [0.15, 0.2) is 0 Å². The Bertz CT molecular complexity index is 535. The Hall–Kier alpha value is -2.28. The number of aliphatic hydroxyl groups is 1. The van der Waals surface area contributed by atoms with Crippen LogP contribution in [0, 0.1) is 0 Å². The Balaban J connectivity index is 1.99. The van der Waals surface area contributed by atoms with Crippen LogP contribution in [0.1, 0.15) is 12.0 Å². The Morgan fingerprint density at radius 3 is 3.00 bits per heavy atom. The number of nitrogens with zero attached hydrogens (tertiary/aromatic N) is 1. The predicted octanol–water partition coefficient (Wildman–Crippen LogP) is 0.0876. The fourth-order valence-corrected chi connectivity index (χ4v) is 2.49. The van der Waals surface area contributed by atoms with E-state index in [1.54, 1.807) is 7.11 Å². The lowest BCUT2D eigenvalue weighted by atomic mass is 10.1. The Morgan fingerprint density at radius 1 is 1.50 bits per heavy atom. The van der Waals surface area contributed by atoms with E-state index < -0.39 is 6.04 Å². The Kier molecular flexibility index (Phi) is 5.60. The number of aliphatic hydroxyl groups excluding tert-OH is 1. The lowest BCUT2D eigenvalue weighted by molar-refractivity contribution is -0.128. The standard InChI is InChI=1S/C15H21N3O4/c1-22-13-5-3-2-4-11(13)10-17-15(21)18-8-7-16-14(20)12(18)6-9-19/h2-5,12,19H,6-10H2,1H3,(H,16,20)(H,17,21)/t12-/m1/s1. The summed E-state index contributed by atoms with van der Waals surface area (Å²) in [4.78, 5) is 25.6. The molecular weight excluding hydrogens is 286 g/mol. The highest BCUT2D eigenvalue weighted by Gasteiger charge is 2.32. The summed E-state index contributed by atoms with van der Waals surface area (Å²) in [6.07, 6.45) is 0.230. The van der Waals surface area contributed by atoms with E-state index in [2.05, 4.69) is 10.6 Å². The highest BCUT2D eigenvalue weighted by Crippen LogP contribution is 2.17. The summed E-state index contributed by atoms with van der Waals surface area (Å²) in [7, 11) is 1.58. The molecule has 1 atom stereocenters. The van der Waals surface area contributed by atoms with Gasteiger partial charge in [-0.2, -0.15) is 0 Å². The number of nitrogens with one attached hydrogen (secondary N) is 2. The minimum absolute atomic E-state index is 0.144. The second-order valence-electron chi connectivity index (χ2n) is 4.98. The number of benzene rings is 1. The van der Waals surface area contributed by atoms with Crippen LogP contribution in [0.15, 0.2) is 24.3 Å². The van der Waals surface area contributed by atoms with Gasteiger partial charge in [0.05, 0.1) is 7.11 Å². The van der Waals surface area contributed by atoms with Crippen molar-refractivity contribution in [3.05, 3.63) is 29.8 Å². The molecule has 1 aliphatic heterocycles. The molecule has 3 N–H and O–H groups in total. The lowest BCUT2D eigenvalue weighted by Gasteiger charge is -2.34. The van der Waals surface area contributed by atoms with Crippen molar-refractivity contribution in [1.82, 2.24) is 15.5 Å². The molecule has 0 spiro atoms. The number of urea groups is 1. The number of hydrogen-bond acceptors (Lipinski definition) is 4. The molecule has 1 fully saturated rings. The fraction of sp³-hybridized carbons (Fsp3) is 0.467. The highest BCUT2D eigenvalue weighted by molar-refractivity contribution is 5.88. The molecule has 1 aliphatic rings. The molecule has 22 heavy (non-hydrogen) atoms. The number of para-hydroxylation sites is 1. The Morgan fingerprint density at radius 2 is 2.27 bits per heavy atom. The maximum absolute atomic E-state index is 12.3. The summed E-state index contributed by atoms with van der Waals surface area (Å²) in [6, 6.07) is 6.47. The van der Waals surface area contributed by atoms with Gasteiger partial charge in [0, 0.05) is 31.8 Å². The van der Waals surface area contributed by atoms with Crippen LogP contribution < -0.4 is 15.4 Å². The van der Waals surface area contributed by atoms with Crippen molar-refractivity contribution in [2.75, 3.05) is 26.8 Å². The largest absolute Gasteiger partial charge is 0.496 e. The monoisotopic (exact) mass is 307 g/mol. The number of ether oxygens (including phenoxy) is 1. The third kappa shape index (κ3) is 3.67. The van der Waals surface area contributed by atoms with Crippen LogP contribution in [0.25, 0.3) is 0 Å². The van der Waals surface area contributed by atoms with E-state index in [9.17, 15) is 9.59 Å². The van der Waals surface area contributed by atoms with Crippen molar-refractivity contribution in [2.24, 2.45) is 0 Å². The summed E-state index contributed by atoms with van der Waals surface area (Å²) in [5, 5.41) is 14.6. The number of piperazine rings is 1. The van der Waals surface area contributed by atoms with E-state index in [1.807, 2.05) is 24.3 Å². The van der Waals surface area contributed by atoms with Crippen molar-refractivity contribution < 1.29 is 19.4 Å². The third-order valence-electron chi connectivity index (χ3n) is 3.62. The van der Waals surface area contributed by atoms with Crippen molar-refractivity contribution in [3.63, 3.8) is 0 Å². The van der Waals surface area contributed by atoms with Crippen LogP contribution in [0.5, 0.6) is 5.75 Å². The van der Waals surface area contributed by atoms with Crippen LogP contribution in [0.3, 0.4) is 0 Å².